The number of hydrogen-bond donors (Lipinski definition) is 0. The molecule has 242 valence electrons. The maximum Gasteiger partial charge on any atom is -0.00199 e. The van der Waals surface area contributed by atoms with Gasteiger partial charge in [0.2, 0.25) is 0 Å². The Morgan fingerprint density at radius 3 is 1.17 bits per heavy atom. The molecular formula is C52H34. The molecule has 52 heavy (non-hydrogen) atoms. The summed E-state index contributed by atoms with van der Waals surface area (Å²) in [6.07, 6.45) is 0. The van der Waals surface area contributed by atoms with E-state index in [1.807, 2.05) is 0 Å². The van der Waals surface area contributed by atoms with Crippen molar-refractivity contribution in [1.82, 2.24) is 0 Å². The fourth-order valence-electron chi connectivity index (χ4n) is 8.24. The van der Waals surface area contributed by atoms with E-state index in [9.17, 15) is 0 Å². The Hall–Kier alpha value is -6.76. The molecule has 0 bridgehead atoms. The third-order valence-electron chi connectivity index (χ3n) is 10.6. The van der Waals surface area contributed by atoms with Crippen molar-refractivity contribution in [1.29, 1.82) is 0 Å². The second kappa shape index (κ2) is 12.5. The van der Waals surface area contributed by atoms with Crippen molar-refractivity contribution < 1.29 is 0 Å². The van der Waals surface area contributed by atoms with Crippen LogP contribution in [0, 0.1) is 0 Å². The highest BCUT2D eigenvalue weighted by atomic mass is 14.2. The minimum Gasteiger partial charge on any atom is -0.0622 e. The van der Waals surface area contributed by atoms with Gasteiger partial charge >= 0.3 is 0 Å². The molecule has 0 nitrogen and oxygen atoms in total. The Bertz CT molecular complexity index is 2880. The molecule has 0 amide bonds. The van der Waals surface area contributed by atoms with E-state index < -0.39 is 0 Å². The molecule has 0 unspecified atom stereocenters. The second-order valence-corrected chi connectivity index (χ2v) is 13.6. The van der Waals surface area contributed by atoms with Gasteiger partial charge in [0, 0.05) is 0 Å². The lowest BCUT2D eigenvalue weighted by molar-refractivity contribution is 1.57. The summed E-state index contributed by atoms with van der Waals surface area (Å²) in [6.45, 7) is 0. The average molecular weight is 659 g/mol. The largest absolute Gasteiger partial charge is 0.0622 e. The first-order valence-corrected chi connectivity index (χ1v) is 18.0. The number of fused-ring (bicyclic) bond motifs is 6. The second-order valence-electron chi connectivity index (χ2n) is 13.6. The molecule has 0 radical (unpaired) electrons. The Morgan fingerprint density at radius 2 is 0.577 bits per heavy atom. The molecule has 0 heterocycles. The Labute approximate surface area is 303 Å². The van der Waals surface area contributed by atoms with Gasteiger partial charge in [0.1, 0.15) is 0 Å². The minimum atomic E-state index is 1.21. The van der Waals surface area contributed by atoms with Gasteiger partial charge in [0.15, 0.2) is 0 Å². The van der Waals surface area contributed by atoms with Crippen LogP contribution in [-0.2, 0) is 0 Å². The molecule has 0 heteroatoms. The van der Waals surface area contributed by atoms with E-state index in [0.717, 1.165) is 0 Å². The van der Waals surface area contributed by atoms with Gasteiger partial charge in [-0.1, -0.05) is 176 Å². The van der Waals surface area contributed by atoms with E-state index in [1.165, 1.54) is 98.7 Å². The normalized spacial score (nSPS) is 11.5. The Balaban J connectivity index is 1.30. The highest BCUT2D eigenvalue weighted by Gasteiger charge is 2.20. The van der Waals surface area contributed by atoms with Gasteiger partial charge in [0.25, 0.3) is 0 Å². The summed E-state index contributed by atoms with van der Waals surface area (Å²) in [7, 11) is 0. The van der Waals surface area contributed by atoms with E-state index in [4.69, 9.17) is 0 Å². The van der Waals surface area contributed by atoms with E-state index in [0.29, 0.717) is 0 Å². The van der Waals surface area contributed by atoms with Gasteiger partial charge in [-0.25, -0.2) is 0 Å². The van der Waals surface area contributed by atoms with Crippen LogP contribution in [0.15, 0.2) is 206 Å². The van der Waals surface area contributed by atoms with E-state index in [2.05, 4.69) is 206 Å². The highest BCUT2D eigenvalue weighted by molar-refractivity contribution is 6.22. The van der Waals surface area contributed by atoms with Gasteiger partial charge in [-0.3, -0.25) is 0 Å². The van der Waals surface area contributed by atoms with E-state index in [1.54, 1.807) is 0 Å². The van der Waals surface area contributed by atoms with Gasteiger partial charge in [-0.2, -0.15) is 0 Å². The summed E-state index contributed by atoms with van der Waals surface area (Å²) < 4.78 is 0. The lowest BCUT2D eigenvalue weighted by atomic mass is 9.82. The van der Waals surface area contributed by atoms with Crippen LogP contribution in [0.4, 0.5) is 0 Å². The number of rotatable bonds is 5. The van der Waals surface area contributed by atoms with Crippen molar-refractivity contribution in [3.05, 3.63) is 206 Å². The van der Waals surface area contributed by atoms with Crippen LogP contribution in [0.25, 0.3) is 98.7 Å². The molecule has 0 saturated carbocycles. The summed E-state index contributed by atoms with van der Waals surface area (Å²) in [4.78, 5) is 0. The van der Waals surface area contributed by atoms with E-state index >= 15 is 0 Å². The van der Waals surface area contributed by atoms with E-state index in [-0.39, 0.29) is 0 Å². The molecule has 0 aromatic heterocycles. The highest BCUT2D eigenvalue weighted by Crippen LogP contribution is 2.47. The molecule has 0 fully saturated rings. The third kappa shape index (κ3) is 5.08. The quantitative estimate of drug-likeness (QED) is 0.161. The maximum atomic E-state index is 2.41. The minimum absolute atomic E-state index is 1.21. The molecule has 0 aliphatic rings. The first-order chi connectivity index (χ1) is 25.8. The lowest BCUT2D eigenvalue weighted by Crippen LogP contribution is -1.94. The van der Waals surface area contributed by atoms with Crippen LogP contribution in [0.1, 0.15) is 0 Å². The lowest BCUT2D eigenvalue weighted by Gasteiger charge is -2.21. The zero-order valence-electron chi connectivity index (χ0n) is 28.6. The summed E-state index contributed by atoms with van der Waals surface area (Å²) in [5.74, 6) is 0. The summed E-state index contributed by atoms with van der Waals surface area (Å²) >= 11 is 0. The molecule has 10 aromatic rings. The van der Waals surface area contributed by atoms with Crippen LogP contribution in [0.5, 0.6) is 0 Å². The Morgan fingerprint density at radius 1 is 0.192 bits per heavy atom. The van der Waals surface area contributed by atoms with Gasteiger partial charge in [0.05, 0.1) is 0 Å². The monoisotopic (exact) mass is 658 g/mol. The van der Waals surface area contributed by atoms with Crippen molar-refractivity contribution in [3.63, 3.8) is 0 Å². The first-order valence-electron chi connectivity index (χ1n) is 18.0. The molecule has 0 N–H and O–H groups in total. The van der Waals surface area contributed by atoms with Crippen LogP contribution in [0.2, 0.25) is 0 Å². The third-order valence-corrected chi connectivity index (χ3v) is 10.6. The fraction of sp³-hybridized carbons (Fsp3) is 0. The van der Waals surface area contributed by atoms with Crippen molar-refractivity contribution in [2.45, 2.75) is 0 Å². The van der Waals surface area contributed by atoms with Crippen molar-refractivity contribution in [2.75, 3.05) is 0 Å². The standard InChI is InChI=1S/C52H34/c1-3-16-35(17-4-1)40-31-41(36-18-5-2-6-19-36)33-42(32-40)52-49-29-14-12-26-46(49)45-25-11-13-28-48(45)51(52)39-22-15-21-37(30-39)50-34-38-20-7-8-23-43(38)44-24-9-10-27-47(44)50/h1-34H. The summed E-state index contributed by atoms with van der Waals surface area (Å²) in [5, 5.41) is 10.1. The molecule has 0 atom stereocenters. The van der Waals surface area contributed by atoms with Gasteiger partial charge < -0.3 is 0 Å². The summed E-state index contributed by atoms with van der Waals surface area (Å²) in [5.41, 5.74) is 12.2. The molecule has 0 aliphatic heterocycles. The van der Waals surface area contributed by atoms with Crippen molar-refractivity contribution in [3.8, 4) is 55.6 Å². The topological polar surface area (TPSA) is 0 Å². The average Bonchev–Trinajstić information content (AvgIpc) is 3.23. The SMILES string of the molecule is c1ccc(-c2cc(-c3ccccc3)cc(-c3c(-c4cccc(-c5cc6ccccc6c6ccccc56)c4)c4ccccc4c4ccccc34)c2)cc1. The molecule has 0 aliphatic carbocycles. The van der Waals surface area contributed by atoms with Crippen molar-refractivity contribution >= 4 is 43.1 Å². The zero-order valence-corrected chi connectivity index (χ0v) is 28.6. The fourth-order valence-corrected chi connectivity index (χ4v) is 8.24. The molecule has 0 spiro atoms. The number of hydrogen-bond acceptors (Lipinski definition) is 0. The van der Waals surface area contributed by atoms with Gasteiger partial charge in [-0.05, 0) is 129 Å². The van der Waals surface area contributed by atoms with Crippen LogP contribution in [-0.4, -0.2) is 0 Å². The van der Waals surface area contributed by atoms with Crippen LogP contribution >= 0.6 is 0 Å². The maximum absolute atomic E-state index is 2.41. The predicted octanol–water partition coefficient (Wildman–Crippen LogP) is 14.6. The molecular weight excluding hydrogens is 625 g/mol. The molecule has 10 rings (SSSR count). The summed E-state index contributed by atoms with van der Waals surface area (Å²) in [6, 6.07) is 75.7. The first kappa shape index (κ1) is 30.1. The van der Waals surface area contributed by atoms with Gasteiger partial charge in [-0.15, -0.1) is 0 Å². The molecule has 0 saturated heterocycles. The smallest absolute Gasteiger partial charge is 0.00199 e. The molecule has 10 aromatic carbocycles. The Kier molecular flexibility index (Phi) is 7.25. The van der Waals surface area contributed by atoms with Crippen LogP contribution in [0.3, 0.4) is 0 Å². The van der Waals surface area contributed by atoms with Crippen molar-refractivity contribution in [2.24, 2.45) is 0 Å². The number of benzene rings is 10. The zero-order chi connectivity index (χ0) is 34.4. The van der Waals surface area contributed by atoms with Crippen LogP contribution < -0.4 is 0 Å². The predicted molar refractivity (Wildman–Crippen MR) is 224 cm³/mol.